The van der Waals surface area contributed by atoms with Crippen LogP contribution in [0.25, 0.3) is 11.4 Å². The van der Waals surface area contributed by atoms with Gasteiger partial charge >= 0.3 is 11.4 Å². The van der Waals surface area contributed by atoms with Crippen LogP contribution < -0.4 is 11.4 Å². The molecule has 0 saturated carbocycles. The third kappa shape index (κ3) is 2.53. The van der Waals surface area contributed by atoms with Crippen LogP contribution in [0.5, 0.6) is 0 Å². The Morgan fingerprint density at radius 1 is 0.857 bits per heavy atom. The van der Waals surface area contributed by atoms with Crippen LogP contribution >= 0.6 is 23.2 Å². The second-order valence-electron chi connectivity index (χ2n) is 4.33. The molecule has 0 amide bonds. The first kappa shape index (κ1) is 13.7. The number of aromatic amines is 1. The highest BCUT2D eigenvalue weighted by atomic mass is 35.5. The zero-order valence-electron chi connectivity index (χ0n) is 10.6. The molecule has 0 aliphatic carbocycles. The molecule has 0 aliphatic rings. The van der Waals surface area contributed by atoms with Crippen molar-refractivity contribution >= 4 is 23.2 Å². The quantitative estimate of drug-likeness (QED) is 0.788. The van der Waals surface area contributed by atoms with Gasteiger partial charge in [-0.1, -0.05) is 41.4 Å². The van der Waals surface area contributed by atoms with E-state index in [0.717, 1.165) is 9.25 Å². The average molecular weight is 322 g/mol. The molecule has 106 valence electrons. The first-order valence-electron chi connectivity index (χ1n) is 6.02. The van der Waals surface area contributed by atoms with E-state index >= 15 is 0 Å². The number of hydrogen-bond acceptors (Lipinski definition) is 2. The summed E-state index contributed by atoms with van der Waals surface area (Å²) in [6.45, 7) is 0. The van der Waals surface area contributed by atoms with Crippen LogP contribution in [-0.2, 0) is 0 Å². The molecule has 0 aliphatic heterocycles. The minimum Gasteiger partial charge on any atom is -0.246 e. The van der Waals surface area contributed by atoms with Gasteiger partial charge in [-0.05, 0) is 30.3 Å². The standard InChI is InChI=1S/C14H9Cl2N3O2/c15-9-6-10(16)8-12(7-9)18-13(20)17-19(14(18)21)11-4-2-1-3-5-11/h1-8H,(H,17,20). The van der Waals surface area contributed by atoms with Gasteiger partial charge < -0.3 is 0 Å². The molecular formula is C14H9Cl2N3O2. The van der Waals surface area contributed by atoms with E-state index in [9.17, 15) is 9.59 Å². The summed E-state index contributed by atoms with van der Waals surface area (Å²) in [5.74, 6) is 0. The third-order valence-electron chi connectivity index (χ3n) is 2.91. The predicted octanol–water partition coefficient (Wildman–Crippen LogP) is 2.62. The molecule has 1 N–H and O–H groups in total. The SMILES string of the molecule is O=c1[nH]n(-c2ccccc2)c(=O)n1-c1cc(Cl)cc(Cl)c1. The van der Waals surface area contributed by atoms with Gasteiger partial charge in [-0.15, -0.1) is 0 Å². The Kier molecular flexibility index (Phi) is 3.45. The summed E-state index contributed by atoms with van der Waals surface area (Å²) in [5.41, 5.74) is -0.216. The van der Waals surface area contributed by atoms with Crippen molar-refractivity contribution in [2.75, 3.05) is 0 Å². The highest BCUT2D eigenvalue weighted by Gasteiger charge is 2.13. The Hall–Kier alpha value is -2.24. The Bertz CT molecular complexity index is 890. The maximum absolute atomic E-state index is 12.4. The van der Waals surface area contributed by atoms with Crippen molar-refractivity contribution in [2.24, 2.45) is 0 Å². The summed E-state index contributed by atoms with van der Waals surface area (Å²) in [4.78, 5) is 24.5. The van der Waals surface area contributed by atoms with Gasteiger partial charge in [0.15, 0.2) is 0 Å². The number of rotatable bonds is 2. The fraction of sp³-hybridized carbons (Fsp3) is 0. The average Bonchev–Trinajstić information content (AvgIpc) is 2.74. The molecule has 0 atom stereocenters. The summed E-state index contributed by atoms with van der Waals surface area (Å²) < 4.78 is 2.14. The highest BCUT2D eigenvalue weighted by molar-refractivity contribution is 6.34. The summed E-state index contributed by atoms with van der Waals surface area (Å²) in [5, 5.41) is 3.18. The lowest BCUT2D eigenvalue weighted by Gasteiger charge is -2.02. The minimum absolute atomic E-state index is 0.313. The molecule has 5 nitrogen and oxygen atoms in total. The zero-order chi connectivity index (χ0) is 15.0. The predicted molar refractivity (Wildman–Crippen MR) is 82.0 cm³/mol. The minimum atomic E-state index is -0.567. The summed E-state index contributed by atoms with van der Waals surface area (Å²) >= 11 is 11.8. The highest BCUT2D eigenvalue weighted by Crippen LogP contribution is 2.20. The molecular weight excluding hydrogens is 313 g/mol. The van der Waals surface area contributed by atoms with Gasteiger partial charge in [0, 0.05) is 10.0 Å². The molecule has 2 aromatic carbocycles. The Morgan fingerprint density at radius 2 is 1.48 bits per heavy atom. The lowest BCUT2D eigenvalue weighted by Crippen LogP contribution is -2.26. The van der Waals surface area contributed by atoms with Crippen LogP contribution in [0.1, 0.15) is 0 Å². The normalized spacial score (nSPS) is 10.8. The number of halogens is 2. The van der Waals surface area contributed by atoms with Gasteiger partial charge in [0.05, 0.1) is 11.4 Å². The second-order valence-corrected chi connectivity index (χ2v) is 5.21. The third-order valence-corrected chi connectivity index (χ3v) is 3.35. The first-order valence-corrected chi connectivity index (χ1v) is 6.78. The number of benzene rings is 2. The van der Waals surface area contributed by atoms with Crippen molar-refractivity contribution in [2.45, 2.75) is 0 Å². The largest absolute Gasteiger partial charge is 0.356 e. The van der Waals surface area contributed by atoms with Gasteiger partial charge in [0.25, 0.3) is 0 Å². The van der Waals surface area contributed by atoms with Gasteiger partial charge in [0.1, 0.15) is 0 Å². The molecule has 0 saturated heterocycles. The Labute approximate surface area is 129 Å². The maximum atomic E-state index is 12.4. The summed E-state index contributed by atoms with van der Waals surface area (Å²) in [6.07, 6.45) is 0. The zero-order valence-corrected chi connectivity index (χ0v) is 12.1. The molecule has 1 heterocycles. The fourth-order valence-corrected chi connectivity index (χ4v) is 2.54. The van der Waals surface area contributed by atoms with Crippen molar-refractivity contribution in [3.63, 3.8) is 0 Å². The van der Waals surface area contributed by atoms with E-state index in [1.54, 1.807) is 24.3 Å². The van der Waals surface area contributed by atoms with E-state index in [2.05, 4.69) is 5.10 Å². The van der Waals surface area contributed by atoms with E-state index in [1.165, 1.54) is 18.2 Å². The van der Waals surface area contributed by atoms with Crippen LogP contribution in [0.2, 0.25) is 10.0 Å². The van der Waals surface area contributed by atoms with Crippen molar-refractivity contribution in [3.8, 4) is 11.4 Å². The molecule has 3 rings (SSSR count). The number of aromatic nitrogens is 3. The second kappa shape index (κ2) is 5.27. The van der Waals surface area contributed by atoms with Crippen molar-refractivity contribution in [1.29, 1.82) is 0 Å². The van der Waals surface area contributed by atoms with E-state index in [4.69, 9.17) is 23.2 Å². The van der Waals surface area contributed by atoms with Crippen LogP contribution in [0.3, 0.4) is 0 Å². The summed E-state index contributed by atoms with van der Waals surface area (Å²) in [6, 6.07) is 13.3. The van der Waals surface area contributed by atoms with Crippen LogP contribution in [0.4, 0.5) is 0 Å². The van der Waals surface area contributed by atoms with Crippen LogP contribution in [0, 0.1) is 0 Å². The van der Waals surface area contributed by atoms with Crippen LogP contribution in [0.15, 0.2) is 58.1 Å². The van der Waals surface area contributed by atoms with Crippen molar-refractivity contribution in [1.82, 2.24) is 14.3 Å². The molecule has 1 aromatic heterocycles. The Morgan fingerprint density at radius 3 is 2.10 bits per heavy atom. The number of para-hydroxylation sites is 1. The molecule has 0 fully saturated rings. The number of nitrogens with one attached hydrogen (secondary N) is 1. The van der Waals surface area contributed by atoms with Gasteiger partial charge in [-0.3, -0.25) is 0 Å². The van der Waals surface area contributed by atoms with Crippen LogP contribution in [-0.4, -0.2) is 14.3 Å². The molecule has 0 unspecified atom stereocenters. The fourth-order valence-electron chi connectivity index (χ4n) is 2.03. The van der Waals surface area contributed by atoms with Gasteiger partial charge in [0.2, 0.25) is 0 Å². The summed E-state index contributed by atoms with van der Waals surface area (Å²) in [7, 11) is 0. The molecule has 3 aromatic rings. The molecule has 21 heavy (non-hydrogen) atoms. The topological polar surface area (TPSA) is 59.8 Å². The van der Waals surface area contributed by atoms with E-state index in [-0.39, 0.29) is 0 Å². The van der Waals surface area contributed by atoms with E-state index < -0.39 is 11.4 Å². The number of H-pyrrole nitrogens is 1. The van der Waals surface area contributed by atoms with Crippen molar-refractivity contribution < 1.29 is 0 Å². The lowest BCUT2D eigenvalue weighted by molar-refractivity contribution is 0.827. The Balaban J connectivity index is 2.24. The number of nitrogens with zero attached hydrogens (tertiary/aromatic N) is 2. The lowest BCUT2D eigenvalue weighted by atomic mass is 10.3. The maximum Gasteiger partial charge on any atom is 0.356 e. The monoisotopic (exact) mass is 321 g/mol. The van der Waals surface area contributed by atoms with E-state index in [1.807, 2.05) is 6.07 Å². The smallest absolute Gasteiger partial charge is 0.246 e. The van der Waals surface area contributed by atoms with Gasteiger partial charge in [-0.2, -0.15) is 0 Å². The molecule has 0 radical (unpaired) electrons. The van der Waals surface area contributed by atoms with E-state index in [0.29, 0.717) is 21.4 Å². The number of hydrogen-bond donors (Lipinski definition) is 1. The van der Waals surface area contributed by atoms with Gasteiger partial charge in [-0.25, -0.2) is 23.9 Å². The van der Waals surface area contributed by atoms with Crippen molar-refractivity contribution in [3.05, 3.63) is 79.5 Å². The molecule has 0 spiro atoms. The molecule has 7 heteroatoms. The molecule has 0 bridgehead atoms. The first-order chi connectivity index (χ1) is 10.1.